The Labute approximate surface area is 105 Å². The second-order valence-electron chi connectivity index (χ2n) is 4.37. The van der Waals surface area contributed by atoms with E-state index >= 15 is 0 Å². The molecule has 0 fully saturated rings. The molecule has 0 amide bonds. The first-order valence-corrected chi connectivity index (χ1v) is 6.86. The molecule has 0 aromatic carbocycles. The summed E-state index contributed by atoms with van der Waals surface area (Å²) in [6.07, 6.45) is 2.05. The normalized spacial score (nSPS) is 15.1. The fourth-order valence-corrected chi connectivity index (χ4v) is 3.29. The van der Waals surface area contributed by atoms with E-state index in [1.807, 2.05) is 11.3 Å². The average molecular weight is 248 g/mol. The van der Waals surface area contributed by atoms with Crippen LogP contribution in [0.25, 0.3) is 0 Å². The van der Waals surface area contributed by atoms with E-state index in [1.165, 1.54) is 10.4 Å². The highest BCUT2D eigenvalue weighted by Crippen LogP contribution is 2.26. The number of anilines is 1. The number of nitrogens with zero attached hydrogens (tertiary/aromatic N) is 4. The summed E-state index contributed by atoms with van der Waals surface area (Å²) in [7, 11) is 2.05. The van der Waals surface area contributed by atoms with Gasteiger partial charge >= 0.3 is 0 Å². The molecule has 3 heterocycles. The molecule has 4 nitrogen and oxygen atoms in total. The Morgan fingerprint density at radius 3 is 3.06 bits per heavy atom. The number of thiophene rings is 1. The Hall–Kier alpha value is -1.36. The molecule has 2 aromatic heterocycles. The first kappa shape index (κ1) is 10.8. The zero-order valence-electron chi connectivity index (χ0n) is 10.2. The second kappa shape index (κ2) is 4.14. The third kappa shape index (κ3) is 1.74. The number of hydrogen-bond acceptors (Lipinski definition) is 4. The standard InChI is InChI=1S/C12H16N4S/c1-3-11-13-14-12(15(11)2)16-6-4-9-5-7-17-10(9)8-16/h5,7H,3-4,6,8H2,1-2H3. The number of hydrogen-bond donors (Lipinski definition) is 0. The van der Waals surface area contributed by atoms with Crippen LogP contribution in [-0.4, -0.2) is 21.3 Å². The van der Waals surface area contributed by atoms with Crippen molar-refractivity contribution in [3.8, 4) is 0 Å². The number of aryl methyl sites for hydroxylation is 1. The summed E-state index contributed by atoms with van der Waals surface area (Å²) in [5.74, 6) is 2.05. The highest BCUT2D eigenvalue weighted by Gasteiger charge is 2.21. The third-order valence-corrected chi connectivity index (χ3v) is 4.31. The molecule has 0 saturated heterocycles. The summed E-state index contributed by atoms with van der Waals surface area (Å²) in [6, 6.07) is 2.24. The van der Waals surface area contributed by atoms with Crippen molar-refractivity contribution in [2.24, 2.45) is 7.05 Å². The average Bonchev–Trinajstić information content (AvgIpc) is 2.94. The lowest BCUT2D eigenvalue weighted by Gasteiger charge is -2.27. The van der Waals surface area contributed by atoms with E-state index in [2.05, 4.69) is 45.1 Å². The van der Waals surface area contributed by atoms with Gasteiger partial charge in [0.25, 0.3) is 0 Å². The molecule has 0 N–H and O–H groups in total. The van der Waals surface area contributed by atoms with Crippen LogP contribution in [0.15, 0.2) is 11.4 Å². The Morgan fingerprint density at radius 2 is 2.29 bits per heavy atom. The van der Waals surface area contributed by atoms with E-state index in [1.54, 1.807) is 0 Å². The number of fused-ring (bicyclic) bond motifs is 1. The van der Waals surface area contributed by atoms with E-state index in [9.17, 15) is 0 Å². The van der Waals surface area contributed by atoms with Crippen LogP contribution in [0.1, 0.15) is 23.2 Å². The van der Waals surface area contributed by atoms with Crippen molar-refractivity contribution < 1.29 is 0 Å². The van der Waals surface area contributed by atoms with Crippen LogP contribution in [0.5, 0.6) is 0 Å². The van der Waals surface area contributed by atoms with Crippen molar-refractivity contribution in [1.82, 2.24) is 14.8 Å². The largest absolute Gasteiger partial charge is 0.335 e. The number of aromatic nitrogens is 3. The summed E-state index contributed by atoms with van der Waals surface area (Å²) in [6.45, 7) is 4.13. The topological polar surface area (TPSA) is 34.0 Å². The van der Waals surface area contributed by atoms with Gasteiger partial charge in [-0.05, 0) is 23.4 Å². The van der Waals surface area contributed by atoms with Crippen LogP contribution in [0.4, 0.5) is 5.95 Å². The fourth-order valence-electron chi connectivity index (χ4n) is 2.34. The second-order valence-corrected chi connectivity index (χ2v) is 5.37. The molecule has 5 heteroatoms. The maximum Gasteiger partial charge on any atom is 0.227 e. The van der Waals surface area contributed by atoms with Crippen LogP contribution in [0, 0.1) is 0 Å². The molecule has 0 radical (unpaired) electrons. The monoisotopic (exact) mass is 248 g/mol. The minimum absolute atomic E-state index is 0.932. The maximum atomic E-state index is 4.31. The molecule has 90 valence electrons. The Kier molecular flexibility index (Phi) is 2.63. The lowest BCUT2D eigenvalue weighted by Crippen LogP contribution is -2.31. The highest BCUT2D eigenvalue weighted by molar-refractivity contribution is 7.10. The summed E-state index contributed by atoms with van der Waals surface area (Å²) in [5, 5.41) is 10.7. The van der Waals surface area contributed by atoms with Gasteiger partial charge in [0, 0.05) is 24.9 Å². The molecule has 0 bridgehead atoms. The van der Waals surface area contributed by atoms with E-state index in [-0.39, 0.29) is 0 Å². The van der Waals surface area contributed by atoms with Crippen molar-refractivity contribution in [3.63, 3.8) is 0 Å². The summed E-state index contributed by atoms with van der Waals surface area (Å²) in [5.41, 5.74) is 1.50. The van der Waals surface area contributed by atoms with E-state index in [4.69, 9.17) is 0 Å². The van der Waals surface area contributed by atoms with Gasteiger partial charge in [0.05, 0.1) is 6.54 Å². The van der Waals surface area contributed by atoms with Gasteiger partial charge in [-0.3, -0.25) is 0 Å². The molecule has 0 unspecified atom stereocenters. The van der Waals surface area contributed by atoms with E-state index in [0.717, 1.165) is 37.7 Å². The maximum absolute atomic E-state index is 4.31. The quantitative estimate of drug-likeness (QED) is 0.815. The summed E-state index contributed by atoms with van der Waals surface area (Å²) in [4.78, 5) is 3.79. The minimum Gasteiger partial charge on any atom is -0.335 e. The van der Waals surface area contributed by atoms with Crippen molar-refractivity contribution in [2.45, 2.75) is 26.3 Å². The van der Waals surface area contributed by atoms with Crippen LogP contribution >= 0.6 is 11.3 Å². The molecule has 3 rings (SSSR count). The first-order chi connectivity index (χ1) is 8.29. The van der Waals surface area contributed by atoms with Crippen molar-refractivity contribution in [1.29, 1.82) is 0 Å². The highest BCUT2D eigenvalue weighted by atomic mass is 32.1. The van der Waals surface area contributed by atoms with Gasteiger partial charge in [0.2, 0.25) is 5.95 Å². The smallest absolute Gasteiger partial charge is 0.227 e. The Bertz CT molecular complexity index is 528. The van der Waals surface area contributed by atoms with Gasteiger partial charge in [0.1, 0.15) is 5.82 Å². The molecule has 17 heavy (non-hydrogen) atoms. The van der Waals surface area contributed by atoms with Crippen molar-refractivity contribution >= 4 is 17.3 Å². The third-order valence-electron chi connectivity index (χ3n) is 3.36. The Morgan fingerprint density at radius 1 is 1.41 bits per heavy atom. The van der Waals surface area contributed by atoms with Crippen LogP contribution in [-0.2, 0) is 26.4 Å². The molecule has 1 aliphatic heterocycles. The van der Waals surface area contributed by atoms with Gasteiger partial charge in [0.15, 0.2) is 0 Å². The van der Waals surface area contributed by atoms with Gasteiger partial charge < -0.3 is 9.47 Å². The van der Waals surface area contributed by atoms with Crippen molar-refractivity contribution in [3.05, 3.63) is 27.7 Å². The molecule has 0 atom stereocenters. The molecule has 1 aliphatic rings. The zero-order valence-corrected chi connectivity index (χ0v) is 11.0. The first-order valence-electron chi connectivity index (χ1n) is 5.98. The Balaban J connectivity index is 1.89. The molecule has 0 spiro atoms. The molecule has 0 saturated carbocycles. The predicted molar refractivity (Wildman–Crippen MR) is 69.5 cm³/mol. The van der Waals surface area contributed by atoms with Crippen LogP contribution in [0.2, 0.25) is 0 Å². The van der Waals surface area contributed by atoms with Gasteiger partial charge in [-0.1, -0.05) is 6.92 Å². The fraction of sp³-hybridized carbons (Fsp3) is 0.500. The molecule has 0 aliphatic carbocycles. The van der Waals surface area contributed by atoms with E-state index in [0.29, 0.717) is 0 Å². The summed E-state index contributed by atoms with van der Waals surface area (Å²) >= 11 is 1.84. The van der Waals surface area contributed by atoms with E-state index < -0.39 is 0 Å². The van der Waals surface area contributed by atoms with Gasteiger partial charge in [-0.25, -0.2) is 0 Å². The molecular formula is C12H16N4S. The van der Waals surface area contributed by atoms with Crippen LogP contribution in [0.3, 0.4) is 0 Å². The number of rotatable bonds is 2. The predicted octanol–water partition coefficient (Wildman–Crippen LogP) is 2.00. The minimum atomic E-state index is 0.932. The summed E-state index contributed by atoms with van der Waals surface area (Å²) < 4.78 is 2.11. The lowest BCUT2D eigenvalue weighted by molar-refractivity contribution is 0.689. The van der Waals surface area contributed by atoms with Crippen LogP contribution < -0.4 is 4.90 Å². The molecule has 2 aromatic rings. The zero-order chi connectivity index (χ0) is 11.8. The van der Waals surface area contributed by atoms with Crippen molar-refractivity contribution in [2.75, 3.05) is 11.4 Å². The SMILES string of the molecule is CCc1nnc(N2CCc3ccsc3C2)n1C. The van der Waals surface area contributed by atoms with Gasteiger partial charge in [-0.2, -0.15) is 0 Å². The van der Waals surface area contributed by atoms with Gasteiger partial charge in [-0.15, -0.1) is 21.5 Å². The lowest BCUT2D eigenvalue weighted by atomic mass is 10.1. The molecular weight excluding hydrogens is 232 g/mol.